The summed E-state index contributed by atoms with van der Waals surface area (Å²) in [4.78, 5) is 13.7. The average molecular weight is 294 g/mol. The molecule has 0 unspecified atom stereocenters. The van der Waals surface area contributed by atoms with Crippen molar-refractivity contribution in [1.29, 1.82) is 0 Å². The number of piperidine rings is 1. The molecule has 116 valence electrons. The maximum absolute atomic E-state index is 11.5. The van der Waals surface area contributed by atoms with Gasteiger partial charge in [-0.25, -0.2) is 4.79 Å². The smallest absolute Gasteiger partial charge is 0.337 e. The van der Waals surface area contributed by atoms with Crippen molar-refractivity contribution in [3.63, 3.8) is 0 Å². The lowest BCUT2D eigenvalue weighted by molar-refractivity contribution is 0.0159. The minimum Gasteiger partial charge on any atom is -0.465 e. The zero-order valence-corrected chi connectivity index (χ0v) is 12.2. The number of nitrogens with zero attached hydrogens (tertiary/aromatic N) is 1. The Balaban J connectivity index is 1.99. The highest BCUT2D eigenvalue weighted by atomic mass is 16.5. The number of hydrogen-bond donors (Lipinski definition) is 2. The molecule has 1 aliphatic rings. The van der Waals surface area contributed by atoms with Crippen molar-refractivity contribution in [3.8, 4) is 0 Å². The van der Waals surface area contributed by atoms with Gasteiger partial charge >= 0.3 is 5.97 Å². The summed E-state index contributed by atoms with van der Waals surface area (Å²) in [6.45, 7) is 2.14. The molecule has 0 aromatic heterocycles. The fourth-order valence-corrected chi connectivity index (χ4v) is 2.57. The molecule has 1 aliphatic heterocycles. The highest BCUT2D eigenvalue weighted by Crippen LogP contribution is 2.28. The zero-order valence-electron chi connectivity index (χ0n) is 12.2. The van der Waals surface area contributed by atoms with Gasteiger partial charge in [-0.05, 0) is 31.0 Å². The molecule has 0 atom stereocenters. The molecule has 0 saturated carbocycles. The lowest BCUT2D eigenvalue weighted by Crippen LogP contribution is -2.37. The summed E-state index contributed by atoms with van der Waals surface area (Å²) in [6, 6.07) is 5.23. The number of carbonyl (C=O) groups is 1. The van der Waals surface area contributed by atoms with Gasteiger partial charge in [0, 0.05) is 13.1 Å². The molecule has 21 heavy (non-hydrogen) atoms. The molecule has 1 aromatic carbocycles. The van der Waals surface area contributed by atoms with Crippen LogP contribution in [-0.2, 0) is 9.47 Å². The van der Waals surface area contributed by atoms with Crippen LogP contribution in [0.3, 0.4) is 0 Å². The number of hydrogen-bond acceptors (Lipinski definition) is 6. The van der Waals surface area contributed by atoms with Gasteiger partial charge in [-0.1, -0.05) is 0 Å². The third kappa shape index (κ3) is 3.86. The van der Waals surface area contributed by atoms with Crippen LogP contribution in [0.15, 0.2) is 18.2 Å². The van der Waals surface area contributed by atoms with Crippen LogP contribution in [0.5, 0.6) is 0 Å². The van der Waals surface area contributed by atoms with Crippen LogP contribution in [0.25, 0.3) is 0 Å². The molecular weight excluding hydrogens is 272 g/mol. The Morgan fingerprint density at radius 3 is 2.71 bits per heavy atom. The first-order valence-electron chi connectivity index (χ1n) is 7.11. The van der Waals surface area contributed by atoms with E-state index in [1.807, 2.05) is 6.07 Å². The predicted molar refractivity (Wildman–Crippen MR) is 80.5 cm³/mol. The van der Waals surface area contributed by atoms with Crippen molar-refractivity contribution in [2.45, 2.75) is 18.9 Å². The Bertz CT molecular complexity index is 485. The predicted octanol–water partition coefficient (Wildman–Crippen LogP) is 1.03. The van der Waals surface area contributed by atoms with Crippen molar-refractivity contribution in [1.82, 2.24) is 0 Å². The number of nitrogen functional groups attached to an aromatic ring is 1. The van der Waals surface area contributed by atoms with Gasteiger partial charge in [0.2, 0.25) is 0 Å². The lowest BCUT2D eigenvalue weighted by atomic mass is 10.1. The van der Waals surface area contributed by atoms with E-state index in [0.717, 1.165) is 31.6 Å². The highest BCUT2D eigenvalue weighted by Gasteiger charge is 2.21. The second kappa shape index (κ2) is 7.28. The molecule has 3 N–H and O–H groups in total. The molecule has 0 spiro atoms. The highest BCUT2D eigenvalue weighted by molar-refractivity contribution is 5.91. The Labute approximate surface area is 124 Å². The number of methoxy groups -OCH3 is 1. The number of carbonyl (C=O) groups excluding carboxylic acids is 1. The first-order valence-corrected chi connectivity index (χ1v) is 7.11. The number of aliphatic hydroxyl groups is 1. The number of benzene rings is 1. The monoisotopic (exact) mass is 294 g/mol. The van der Waals surface area contributed by atoms with Gasteiger partial charge in [0.25, 0.3) is 0 Å². The Kier molecular flexibility index (Phi) is 5.41. The van der Waals surface area contributed by atoms with Crippen LogP contribution < -0.4 is 10.6 Å². The third-order valence-corrected chi connectivity index (χ3v) is 3.68. The van der Waals surface area contributed by atoms with E-state index in [0.29, 0.717) is 17.9 Å². The van der Waals surface area contributed by atoms with Crippen molar-refractivity contribution in [2.75, 3.05) is 44.0 Å². The molecule has 0 radical (unpaired) electrons. The summed E-state index contributed by atoms with van der Waals surface area (Å²) in [5, 5.41) is 8.76. The summed E-state index contributed by atoms with van der Waals surface area (Å²) in [6.07, 6.45) is 2.00. The van der Waals surface area contributed by atoms with Crippen LogP contribution in [-0.4, -0.2) is 50.6 Å². The molecule has 6 nitrogen and oxygen atoms in total. The summed E-state index contributed by atoms with van der Waals surface area (Å²) in [5.41, 5.74) is 8.01. The normalized spacial score (nSPS) is 16.0. The minimum atomic E-state index is -0.385. The topological polar surface area (TPSA) is 85.0 Å². The number of aliphatic hydroxyl groups excluding tert-OH is 1. The molecule has 6 heteroatoms. The van der Waals surface area contributed by atoms with E-state index >= 15 is 0 Å². The quantitative estimate of drug-likeness (QED) is 0.623. The largest absolute Gasteiger partial charge is 0.465 e. The van der Waals surface area contributed by atoms with Crippen LogP contribution in [0.2, 0.25) is 0 Å². The number of rotatable bonds is 5. The molecule has 0 bridgehead atoms. The van der Waals surface area contributed by atoms with Crippen LogP contribution in [0.4, 0.5) is 11.4 Å². The maximum atomic E-state index is 11.5. The summed E-state index contributed by atoms with van der Waals surface area (Å²) in [7, 11) is 1.35. The molecule has 1 heterocycles. The Morgan fingerprint density at radius 1 is 1.43 bits per heavy atom. The molecule has 2 rings (SSSR count). The maximum Gasteiger partial charge on any atom is 0.337 e. The van der Waals surface area contributed by atoms with Crippen molar-refractivity contribution in [3.05, 3.63) is 23.8 Å². The molecule has 1 aromatic rings. The summed E-state index contributed by atoms with van der Waals surface area (Å²) < 4.78 is 10.2. The SMILES string of the molecule is COC(=O)c1ccc(N2CCC(OCCO)CC2)c(N)c1. The summed E-state index contributed by atoms with van der Waals surface area (Å²) in [5.74, 6) is -0.385. The fourth-order valence-electron chi connectivity index (χ4n) is 2.57. The third-order valence-electron chi connectivity index (χ3n) is 3.68. The van der Waals surface area contributed by atoms with E-state index in [4.69, 9.17) is 15.6 Å². The van der Waals surface area contributed by atoms with E-state index in [2.05, 4.69) is 9.64 Å². The Hall–Kier alpha value is -1.79. The van der Waals surface area contributed by atoms with Gasteiger partial charge < -0.3 is 25.2 Å². The van der Waals surface area contributed by atoms with Gasteiger partial charge in [-0.3, -0.25) is 0 Å². The van der Waals surface area contributed by atoms with Gasteiger partial charge in [0.15, 0.2) is 0 Å². The van der Waals surface area contributed by atoms with Crippen LogP contribution in [0.1, 0.15) is 23.2 Å². The standard InChI is InChI=1S/C15H22N2O4/c1-20-15(19)11-2-3-14(13(16)10-11)17-6-4-12(5-7-17)21-9-8-18/h2-3,10,12,18H,4-9,16H2,1H3. The fraction of sp³-hybridized carbons (Fsp3) is 0.533. The first kappa shape index (κ1) is 15.6. The molecule has 1 saturated heterocycles. The van der Waals surface area contributed by atoms with E-state index in [1.165, 1.54) is 7.11 Å². The average Bonchev–Trinajstić information content (AvgIpc) is 2.52. The van der Waals surface area contributed by atoms with Gasteiger partial charge in [-0.15, -0.1) is 0 Å². The number of ether oxygens (including phenoxy) is 2. The number of nitrogens with two attached hydrogens (primary N) is 1. The molecule has 1 fully saturated rings. The van der Waals surface area contributed by atoms with Crippen LogP contribution >= 0.6 is 0 Å². The molecular formula is C15H22N2O4. The molecule has 0 aliphatic carbocycles. The lowest BCUT2D eigenvalue weighted by Gasteiger charge is -2.34. The second-order valence-electron chi connectivity index (χ2n) is 5.05. The Morgan fingerprint density at radius 2 is 2.14 bits per heavy atom. The van der Waals surface area contributed by atoms with E-state index in [-0.39, 0.29) is 18.7 Å². The second-order valence-corrected chi connectivity index (χ2v) is 5.05. The van der Waals surface area contributed by atoms with Gasteiger partial charge in [-0.2, -0.15) is 0 Å². The van der Waals surface area contributed by atoms with Gasteiger partial charge in [0.1, 0.15) is 0 Å². The number of esters is 1. The first-order chi connectivity index (χ1) is 10.2. The molecule has 0 amide bonds. The van der Waals surface area contributed by atoms with E-state index in [1.54, 1.807) is 12.1 Å². The van der Waals surface area contributed by atoms with Crippen molar-refractivity contribution < 1.29 is 19.4 Å². The summed E-state index contributed by atoms with van der Waals surface area (Å²) >= 11 is 0. The van der Waals surface area contributed by atoms with Crippen molar-refractivity contribution in [2.24, 2.45) is 0 Å². The van der Waals surface area contributed by atoms with Gasteiger partial charge in [0.05, 0.1) is 43.4 Å². The van der Waals surface area contributed by atoms with E-state index in [9.17, 15) is 4.79 Å². The van der Waals surface area contributed by atoms with E-state index < -0.39 is 0 Å². The zero-order chi connectivity index (χ0) is 15.2. The minimum absolute atomic E-state index is 0.0577. The number of anilines is 2. The van der Waals surface area contributed by atoms with Crippen LogP contribution in [0, 0.1) is 0 Å². The van der Waals surface area contributed by atoms with Crippen molar-refractivity contribution >= 4 is 17.3 Å².